The summed E-state index contributed by atoms with van der Waals surface area (Å²) in [6.07, 6.45) is 0.663. The highest BCUT2D eigenvalue weighted by Crippen LogP contribution is 2.29. The lowest BCUT2D eigenvalue weighted by atomic mass is 9.99. The minimum absolute atomic E-state index is 0. The van der Waals surface area contributed by atoms with Crippen molar-refractivity contribution in [3.8, 4) is 5.75 Å². The molecule has 1 atom stereocenters. The van der Waals surface area contributed by atoms with E-state index in [0.717, 1.165) is 0 Å². The van der Waals surface area contributed by atoms with Crippen LogP contribution in [-0.4, -0.2) is 36.3 Å². The van der Waals surface area contributed by atoms with Crippen LogP contribution in [-0.2, 0) is 10.5 Å². The average molecular weight is 260 g/mol. The molecule has 0 unspecified atom stereocenters. The van der Waals surface area contributed by atoms with E-state index in [1.54, 1.807) is 0 Å². The Labute approximate surface area is 105 Å². The zero-order valence-electron chi connectivity index (χ0n) is 9.05. The lowest BCUT2D eigenvalue weighted by Crippen LogP contribution is -2.51. The second kappa shape index (κ2) is 5.46. The summed E-state index contributed by atoms with van der Waals surface area (Å²) in [6.45, 7) is 1.04. The molecule has 2 rings (SSSR count). The first kappa shape index (κ1) is 13.9. The molecular formula is C11H14ClNO4. The number of carbonyl (C=O) groups is 1. The van der Waals surface area contributed by atoms with Gasteiger partial charge >= 0.3 is 0 Å². The van der Waals surface area contributed by atoms with Crippen LogP contribution < -0.4 is 5.32 Å². The van der Waals surface area contributed by atoms with Gasteiger partial charge in [0.25, 0.3) is 0 Å². The summed E-state index contributed by atoms with van der Waals surface area (Å²) >= 11 is 0. The fourth-order valence-corrected chi connectivity index (χ4v) is 1.73. The average Bonchev–Trinajstić information content (AvgIpc) is 2.30. The number of phenols is 1. The standard InChI is InChI=1S/C11H13NO4.ClH/c13-6-8-1-2-10(14)9(5-8)11(15)7-16-4-3-12-11;/h1-2,5-6,12,14-15H,3-4,7H2;1H/t11-;/m1./s1. The predicted octanol–water partition coefficient (Wildman–Crippen LogP) is 0.391. The molecule has 1 aromatic rings. The smallest absolute Gasteiger partial charge is 0.169 e. The van der Waals surface area contributed by atoms with Gasteiger partial charge in [-0.15, -0.1) is 12.4 Å². The SMILES string of the molecule is Cl.O=Cc1ccc(O)c([C@]2(O)COCCN2)c1. The quantitative estimate of drug-likeness (QED) is 0.670. The third kappa shape index (κ3) is 2.76. The zero-order chi connectivity index (χ0) is 11.6. The molecule has 0 spiro atoms. The first-order valence-electron chi connectivity index (χ1n) is 4.99. The lowest BCUT2D eigenvalue weighted by Gasteiger charge is -2.34. The van der Waals surface area contributed by atoms with Gasteiger partial charge in [0.05, 0.1) is 13.2 Å². The van der Waals surface area contributed by atoms with E-state index in [2.05, 4.69) is 5.32 Å². The van der Waals surface area contributed by atoms with Crippen LogP contribution in [0.1, 0.15) is 15.9 Å². The molecule has 94 valence electrons. The number of aliphatic hydroxyl groups is 1. The van der Waals surface area contributed by atoms with Crippen LogP contribution in [0.25, 0.3) is 0 Å². The summed E-state index contributed by atoms with van der Waals surface area (Å²) < 4.78 is 5.16. The Bertz CT molecular complexity index is 404. The first-order valence-corrected chi connectivity index (χ1v) is 4.99. The lowest BCUT2D eigenvalue weighted by molar-refractivity contribution is -0.107. The Morgan fingerprint density at radius 1 is 1.47 bits per heavy atom. The van der Waals surface area contributed by atoms with Gasteiger partial charge in [0.2, 0.25) is 0 Å². The minimum Gasteiger partial charge on any atom is -0.508 e. The van der Waals surface area contributed by atoms with Crippen molar-refractivity contribution in [3.63, 3.8) is 0 Å². The molecule has 0 saturated carbocycles. The van der Waals surface area contributed by atoms with Crippen molar-refractivity contribution in [1.82, 2.24) is 5.32 Å². The van der Waals surface area contributed by atoms with E-state index in [4.69, 9.17) is 4.74 Å². The van der Waals surface area contributed by atoms with Crippen LogP contribution in [0.2, 0.25) is 0 Å². The van der Waals surface area contributed by atoms with Gasteiger partial charge < -0.3 is 14.9 Å². The van der Waals surface area contributed by atoms with Crippen LogP contribution >= 0.6 is 12.4 Å². The molecule has 6 heteroatoms. The van der Waals surface area contributed by atoms with E-state index in [1.807, 2.05) is 0 Å². The highest BCUT2D eigenvalue weighted by atomic mass is 35.5. The van der Waals surface area contributed by atoms with E-state index in [0.29, 0.717) is 25.0 Å². The second-order valence-corrected chi connectivity index (χ2v) is 3.73. The van der Waals surface area contributed by atoms with Crippen molar-refractivity contribution in [2.75, 3.05) is 19.8 Å². The van der Waals surface area contributed by atoms with Gasteiger partial charge in [0.15, 0.2) is 5.72 Å². The van der Waals surface area contributed by atoms with Crippen molar-refractivity contribution >= 4 is 18.7 Å². The number of nitrogens with one attached hydrogen (secondary N) is 1. The number of halogens is 1. The van der Waals surface area contributed by atoms with Gasteiger partial charge in [0, 0.05) is 17.7 Å². The summed E-state index contributed by atoms with van der Waals surface area (Å²) in [6, 6.07) is 4.32. The zero-order valence-corrected chi connectivity index (χ0v) is 9.87. The minimum atomic E-state index is -1.43. The molecule has 1 aliphatic heterocycles. The van der Waals surface area contributed by atoms with Crippen molar-refractivity contribution in [3.05, 3.63) is 29.3 Å². The molecule has 0 radical (unpaired) electrons. The van der Waals surface area contributed by atoms with E-state index in [1.165, 1.54) is 18.2 Å². The number of ether oxygens (including phenoxy) is 1. The van der Waals surface area contributed by atoms with Crippen molar-refractivity contribution in [2.45, 2.75) is 5.72 Å². The Kier molecular flexibility index (Phi) is 4.47. The molecule has 1 saturated heterocycles. The maximum Gasteiger partial charge on any atom is 0.169 e. The number of rotatable bonds is 2. The Balaban J connectivity index is 0.00000144. The summed E-state index contributed by atoms with van der Waals surface area (Å²) in [5.41, 5.74) is -0.771. The monoisotopic (exact) mass is 259 g/mol. The van der Waals surface area contributed by atoms with Crippen LogP contribution in [0, 0.1) is 0 Å². The van der Waals surface area contributed by atoms with Gasteiger partial charge in [-0.05, 0) is 18.2 Å². The molecule has 0 aromatic heterocycles. The van der Waals surface area contributed by atoms with E-state index < -0.39 is 5.72 Å². The largest absolute Gasteiger partial charge is 0.508 e. The number of morpholine rings is 1. The topological polar surface area (TPSA) is 78.8 Å². The van der Waals surface area contributed by atoms with E-state index in [9.17, 15) is 15.0 Å². The fourth-order valence-electron chi connectivity index (χ4n) is 1.73. The van der Waals surface area contributed by atoms with Gasteiger partial charge in [-0.25, -0.2) is 0 Å². The Morgan fingerprint density at radius 2 is 2.24 bits per heavy atom. The van der Waals surface area contributed by atoms with Crippen molar-refractivity contribution < 1.29 is 19.7 Å². The van der Waals surface area contributed by atoms with E-state index in [-0.39, 0.29) is 30.3 Å². The molecule has 0 bridgehead atoms. The van der Waals surface area contributed by atoms with E-state index >= 15 is 0 Å². The molecule has 3 N–H and O–H groups in total. The highest BCUT2D eigenvalue weighted by Gasteiger charge is 2.34. The number of aldehydes is 1. The molecule has 0 amide bonds. The third-order valence-corrected chi connectivity index (χ3v) is 2.58. The number of carbonyl (C=O) groups excluding carboxylic acids is 1. The van der Waals surface area contributed by atoms with Gasteiger partial charge in [-0.1, -0.05) is 0 Å². The maximum absolute atomic E-state index is 10.6. The van der Waals surface area contributed by atoms with Gasteiger partial charge in [-0.2, -0.15) is 0 Å². The van der Waals surface area contributed by atoms with Crippen LogP contribution in [0.3, 0.4) is 0 Å². The highest BCUT2D eigenvalue weighted by molar-refractivity contribution is 5.85. The molecular weight excluding hydrogens is 246 g/mol. The van der Waals surface area contributed by atoms with Crippen LogP contribution in [0.15, 0.2) is 18.2 Å². The number of hydrogen-bond acceptors (Lipinski definition) is 5. The molecule has 1 aromatic carbocycles. The summed E-state index contributed by atoms with van der Waals surface area (Å²) in [5.74, 6) is -0.0638. The summed E-state index contributed by atoms with van der Waals surface area (Å²) in [5, 5.41) is 22.8. The normalized spacial score (nSPS) is 23.8. The molecule has 0 aliphatic carbocycles. The number of aromatic hydroxyl groups is 1. The van der Waals surface area contributed by atoms with Gasteiger partial charge in [-0.3, -0.25) is 10.1 Å². The summed E-state index contributed by atoms with van der Waals surface area (Å²) in [4.78, 5) is 10.6. The summed E-state index contributed by atoms with van der Waals surface area (Å²) in [7, 11) is 0. The number of phenolic OH excluding ortho intramolecular Hbond substituents is 1. The molecule has 1 aliphatic rings. The van der Waals surface area contributed by atoms with Crippen molar-refractivity contribution in [1.29, 1.82) is 0 Å². The van der Waals surface area contributed by atoms with Gasteiger partial charge in [0.1, 0.15) is 12.0 Å². The molecule has 1 fully saturated rings. The maximum atomic E-state index is 10.6. The van der Waals surface area contributed by atoms with Crippen LogP contribution in [0.4, 0.5) is 0 Å². The fraction of sp³-hybridized carbons (Fsp3) is 0.364. The third-order valence-electron chi connectivity index (χ3n) is 2.58. The number of hydrogen-bond donors (Lipinski definition) is 3. The molecule has 17 heavy (non-hydrogen) atoms. The van der Waals surface area contributed by atoms with Crippen LogP contribution in [0.5, 0.6) is 5.75 Å². The number of benzene rings is 1. The Morgan fingerprint density at radius 3 is 2.82 bits per heavy atom. The molecule has 1 heterocycles. The van der Waals surface area contributed by atoms with Crippen molar-refractivity contribution in [2.24, 2.45) is 0 Å². The molecule has 5 nitrogen and oxygen atoms in total. The second-order valence-electron chi connectivity index (χ2n) is 3.73. The first-order chi connectivity index (χ1) is 7.65. The predicted molar refractivity (Wildman–Crippen MR) is 63.5 cm³/mol. The Hall–Kier alpha value is -1.14.